The van der Waals surface area contributed by atoms with Gasteiger partial charge in [-0.3, -0.25) is 4.99 Å². The van der Waals surface area contributed by atoms with Gasteiger partial charge in [-0.1, -0.05) is 19.8 Å². The highest BCUT2D eigenvalue weighted by Gasteiger charge is 1.98. The van der Waals surface area contributed by atoms with Crippen LogP contribution in [0.15, 0.2) is 4.99 Å². The standard InChI is InChI=1S/C15H34N4O/c1-5-7-8-10-17-15(16-6-2)18-11-9-12-19(3)13-14-20-4/h5-14H2,1-4H3,(H2,16,17,18). The largest absolute Gasteiger partial charge is 0.383 e. The monoisotopic (exact) mass is 286 g/mol. The van der Waals surface area contributed by atoms with Gasteiger partial charge in [0.2, 0.25) is 0 Å². The lowest BCUT2D eigenvalue weighted by Crippen LogP contribution is -2.38. The molecule has 0 radical (unpaired) electrons. The fourth-order valence-electron chi connectivity index (χ4n) is 1.81. The molecule has 0 aromatic rings. The molecule has 0 aromatic heterocycles. The van der Waals surface area contributed by atoms with E-state index in [1.807, 2.05) is 0 Å². The molecular weight excluding hydrogens is 252 g/mol. The van der Waals surface area contributed by atoms with E-state index in [-0.39, 0.29) is 0 Å². The van der Waals surface area contributed by atoms with Crippen molar-refractivity contribution in [2.24, 2.45) is 4.99 Å². The summed E-state index contributed by atoms with van der Waals surface area (Å²) in [4.78, 5) is 6.88. The molecule has 0 rings (SSSR count). The topological polar surface area (TPSA) is 48.9 Å². The maximum absolute atomic E-state index is 5.06. The summed E-state index contributed by atoms with van der Waals surface area (Å²) in [7, 11) is 3.86. The zero-order chi connectivity index (χ0) is 15.1. The molecule has 20 heavy (non-hydrogen) atoms. The number of ether oxygens (including phenoxy) is 1. The first-order valence-corrected chi connectivity index (χ1v) is 7.94. The van der Waals surface area contributed by atoms with E-state index in [9.17, 15) is 0 Å². The predicted octanol–water partition coefficient (Wildman–Crippen LogP) is 1.70. The zero-order valence-electron chi connectivity index (χ0n) is 13.9. The fraction of sp³-hybridized carbons (Fsp3) is 0.933. The summed E-state index contributed by atoms with van der Waals surface area (Å²) >= 11 is 0. The Balaban J connectivity index is 3.77. The van der Waals surface area contributed by atoms with Crippen LogP contribution in [-0.2, 0) is 4.74 Å². The number of likely N-dealkylation sites (N-methyl/N-ethyl adjacent to an activating group) is 1. The Bertz CT molecular complexity index is 234. The molecule has 0 bridgehead atoms. The molecule has 5 heteroatoms. The molecule has 0 aromatic carbocycles. The molecule has 0 amide bonds. The van der Waals surface area contributed by atoms with Gasteiger partial charge in [-0.25, -0.2) is 0 Å². The molecular formula is C15H34N4O. The molecule has 0 aliphatic carbocycles. The first-order chi connectivity index (χ1) is 9.74. The maximum atomic E-state index is 5.06. The van der Waals surface area contributed by atoms with Crippen molar-refractivity contribution in [2.45, 2.75) is 39.5 Å². The Morgan fingerprint density at radius 3 is 2.55 bits per heavy atom. The Morgan fingerprint density at radius 1 is 1.10 bits per heavy atom. The van der Waals surface area contributed by atoms with Crippen LogP contribution in [0, 0.1) is 0 Å². The lowest BCUT2D eigenvalue weighted by molar-refractivity contribution is 0.161. The summed E-state index contributed by atoms with van der Waals surface area (Å²) in [6, 6.07) is 0. The van der Waals surface area contributed by atoms with Gasteiger partial charge in [0, 0.05) is 33.3 Å². The highest BCUT2D eigenvalue weighted by atomic mass is 16.5. The van der Waals surface area contributed by atoms with Crippen LogP contribution in [0.25, 0.3) is 0 Å². The van der Waals surface area contributed by atoms with E-state index >= 15 is 0 Å². The van der Waals surface area contributed by atoms with Gasteiger partial charge in [-0.15, -0.1) is 0 Å². The number of nitrogens with one attached hydrogen (secondary N) is 2. The highest BCUT2D eigenvalue weighted by Crippen LogP contribution is 1.92. The first kappa shape index (κ1) is 19.2. The van der Waals surface area contributed by atoms with Crippen molar-refractivity contribution in [1.82, 2.24) is 15.5 Å². The number of aliphatic imine (C=N–C) groups is 1. The van der Waals surface area contributed by atoms with Gasteiger partial charge in [0.1, 0.15) is 0 Å². The second kappa shape index (κ2) is 14.6. The number of nitrogens with zero attached hydrogens (tertiary/aromatic N) is 2. The van der Waals surface area contributed by atoms with Crippen LogP contribution < -0.4 is 10.6 Å². The van der Waals surface area contributed by atoms with E-state index in [0.717, 1.165) is 51.7 Å². The maximum Gasteiger partial charge on any atom is 0.191 e. The molecule has 0 aliphatic rings. The minimum Gasteiger partial charge on any atom is -0.383 e. The molecule has 120 valence electrons. The SMILES string of the molecule is CCCCCNC(=NCCCN(C)CCOC)NCC. The number of methoxy groups -OCH3 is 1. The van der Waals surface area contributed by atoms with Crippen LogP contribution in [0.3, 0.4) is 0 Å². The highest BCUT2D eigenvalue weighted by molar-refractivity contribution is 5.79. The molecule has 0 atom stereocenters. The molecule has 0 spiro atoms. The summed E-state index contributed by atoms with van der Waals surface area (Å²) in [5.74, 6) is 0.947. The van der Waals surface area contributed by atoms with Crippen molar-refractivity contribution in [3.05, 3.63) is 0 Å². The fourth-order valence-corrected chi connectivity index (χ4v) is 1.81. The second-order valence-electron chi connectivity index (χ2n) is 5.04. The van der Waals surface area contributed by atoms with Gasteiger partial charge in [0.05, 0.1) is 6.61 Å². The Morgan fingerprint density at radius 2 is 1.90 bits per heavy atom. The van der Waals surface area contributed by atoms with Crippen molar-refractivity contribution < 1.29 is 4.74 Å². The molecule has 0 aliphatic heterocycles. The van der Waals surface area contributed by atoms with Crippen LogP contribution in [0.2, 0.25) is 0 Å². The number of rotatable bonds is 12. The molecule has 0 saturated carbocycles. The Kier molecular flexibility index (Phi) is 14.0. The Hall–Kier alpha value is -0.810. The smallest absolute Gasteiger partial charge is 0.191 e. The molecule has 5 nitrogen and oxygen atoms in total. The van der Waals surface area contributed by atoms with Crippen LogP contribution in [0.5, 0.6) is 0 Å². The number of guanidine groups is 1. The predicted molar refractivity (Wildman–Crippen MR) is 87.5 cm³/mol. The molecule has 0 heterocycles. The summed E-state index contributed by atoms with van der Waals surface area (Å²) in [6.07, 6.45) is 4.81. The first-order valence-electron chi connectivity index (χ1n) is 7.94. The summed E-state index contributed by atoms with van der Waals surface area (Å²) < 4.78 is 5.06. The van der Waals surface area contributed by atoms with Gasteiger partial charge in [0.25, 0.3) is 0 Å². The Labute approximate surface area is 125 Å². The third-order valence-corrected chi connectivity index (χ3v) is 3.06. The summed E-state index contributed by atoms with van der Waals surface area (Å²) in [5, 5.41) is 6.67. The summed E-state index contributed by atoms with van der Waals surface area (Å²) in [6.45, 7) is 9.93. The van der Waals surface area contributed by atoms with E-state index in [2.05, 4.69) is 41.4 Å². The molecule has 2 N–H and O–H groups in total. The van der Waals surface area contributed by atoms with Crippen LogP contribution in [-0.4, -0.2) is 64.3 Å². The van der Waals surface area contributed by atoms with Gasteiger partial charge in [0.15, 0.2) is 5.96 Å². The van der Waals surface area contributed by atoms with Crippen molar-refractivity contribution >= 4 is 5.96 Å². The third-order valence-electron chi connectivity index (χ3n) is 3.06. The van der Waals surface area contributed by atoms with Crippen molar-refractivity contribution in [2.75, 3.05) is 53.5 Å². The second-order valence-corrected chi connectivity index (χ2v) is 5.04. The summed E-state index contributed by atoms with van der Waals surface area (Å²) in [5.41, 5.74) is 0. The van der Waals surface area contributed by atoms with Crippen LogP contribution in [0.4, 0.5) is 0 Å². The van der Waals surface area contributed by atoms with Gasteiger partial charge in [-0.2, -0.15) is 0 Å². The van der Waals surface area contributed by atoms with Gasteiger partial charge in [-0.05, 0) is 33.4 Å². The van der Waals surface area contributed by atoms with Crippen molar-refractivity contribution in [3.63, 3.8) is 0 Å². The normalized spacial score (nSPS) is 11.9. The van der Waals surface area contributed by atoms with Crippen molar-refractivity contribution in [3.8, 4) is 0 Å². The van der Waals surface area contributed by atoms with Gasteiger partial charge < -0.3 is 20.3 Å². The number of hydrogen-bond acceptors (Lipinski definition) is 3. The molecule has 0 saturated heterocycles. The minimum atomic E-state index is 0.793. The van der Waals surface area contributed by atoms with Gasteiger partial charge >= 0.3 is 0 Å². The van der Waals surface area contributed by atoms with Crippen LogP contribution in [0.1, 0.15) is 39.5 Å². The molecule has 0 fully saturated rings. The average Bonchev–Trinajstić information content (AvgIpc) is 2.45. The molecule has 0 unspecified atom stereocenters. The number of hydrogen-bond donors (Lipinski definition) is 2. The zero-order valence-corrected chi connectivity index (χ0v) is 13.9. The average molecular weight is 286 g/mol. The lowest BCUT2D eigenvalue weighted by atomic mass is 10.2. The lowest BCUT2D eigenvalue weighted by Gasteiger charge is -2.15. The van der Waals surface area contributed by atoms with E-state index < -0.39 is 0 Å². The van der Waals surface area contributed by atoms with E-state index in [1.165, 1.54) is 19.3 Å². The van der Waals surface area contributed by atoms with E-state index in [4.69, 9.17) is 4.74 Å². The van der Waals surface area contributed by atoms with E-state index in [0.29, 0.717) is 0 Å². The minimum absolute atomic E-state index is 0.793. The van der Waals surface area contributed by atoms with Crippen molar-refractivity contribution in [1.29, 1.82) is 0 Å². The quantitative estimate of drug-likeness (QED) is 0.326. The number of unbranched alkanes of at least 4 members (excludes halogenated alkanes) is 2. The van der Waals surface area contributed by atoms with E-state index in [1.54, 1.807) is 7.11 Å². The third kappa shape index (κ3) is 12.2. The van der Waals surface area contributed by atoms with Crippen LogP contribution >= 0.6 is 0 Å².